The highest BCUT2D eigenvalue weighted by Gasteiger charge is 2.14. The van der Waals surface area contributed by atoms with Crippen LogP contribution in [0.4, 0.5) is 0 Å². The van der Waals surface area contributed by atoms with Crippen molar-refractivity contribution >= 4 is 34.8 Å². The van der Waals surface area contributed by atoms with E-state index >= 15 is 0 Å². The molecule has 0 heterocycles. The van der Waals surface area contributed by atoms with Gasteiger partial charge in [0.1, 0.15) is 5.75 Å². The Morgan fingerprint density at radius 3 is 2.38 bits per heavy atom. The Bertz CT molecular complexity index is 631. The minimum absolute atomic E-state index is 0.132. The minimum Gasteiger partial charge on any atom is -0.495 e. The maximum absolute atomic E-state index is 6.23. The van der Waals surface area contributed by atoms with E-state index in [4.69, 9.17) is 45.3 Å². The van der Waals surface area contributed by atoms with Gasteiger partial charge in [-0.15, -0.1) is 0 Å². The van der Waals surface area contributed by atoms with Crippen LogP contribution in [0.15, 0.2) is 36.4 Å². The molecule has 2 N–H and O–H groups in total. The van der Waals surface area contributed by atoms with Crippen molar-refractivity contribution in [2.75, 3.05) is 13.7 Å². The van der Waals surface area contributed by atoms with E-state index in [1.54, 1.807) is 13.2 Å². The smallest absolute Gasteiger partial charge is 0.137 e. The molecule has 0 spiro atoms. The van der Waals surface area contributed by atoms with Crippen LogP contribution in [0.25, 0.3) is 0 Å². The van der Waals surface area contributed by atoms with Gasteiger partial charge in [-0.25, -0.2) is 0 Å². The summed E-state index contributed by atoms with van der Waals surface area (Å²) < 4.78 is 5.16. The van der Waals surface area contributed by atoms with E-state index in [1.165, 1.54) is 0 Å². The Labute approximate surface area is 139 Å². The highest BCUT2D eigenvalue weighted by Crippen LogP contribution is 2.31. The van der Waals surface area contributed by atoms with Gasteiger partial charge < -0.3 is 10.5 Å². The molecule has 2 aromatic carbocycles. The molecule has 0 radical (unpaired) electrons. The highest BCUT2D eigenvalue weighted by atomic mass is 35.5. The fraction of sp³-hybridized carbons (Fsp3) is 0.250. The highest BCUT2D eigenvalue weighted by molar-refractivity contribution is 6.35. The second kappa shape index (κ2) is 7.37. The molecule has 5 heteroatoms. The number of methoxy groups -OCH3 is 1. The maximum Gasteiger partial charge on any atom is 0.137 e. The largest absolute Gasteiger partial charge is 0.495 e. The van der Waals surface area contributed by atoms with E-state index in [-0.39, 0.29) is 5.92 Å². The quantitative estimate of drug-likeness (QED) is 0.833. The third-order valence-electron chi connectivity index (χ3n) is 3.41. The molecule has 0 fully saturated rings. The number of benzene rings is 2. The van der Waals surface area contributed by atoms with Crippen LogP contribution in [0.3, 0.4) is 0 Å². The lowest BCUT2D eigenvalue weighted by molar-refractivity contribution is 0.414. The lowest BCUT2D eigenvalue weighted by Gasteiger charge is -2.17. The molecular weight excluding hydrogens is 329 g/mol. The average molecular weight is 345 g/mol. The fourth-order valence-electron chi connectivity index (χ4n) is 2.23. The number of hydrogen-bond acceptors (Lipinski definition) is 2. The summed E-state index contributed by atoms with van der Waals surface area (Å²) in [5.74, 6) is 0.785. The number of halogens is 3. The van der Waals surface area contributed by atoms with Crippen molar-refractivity contribution < 1.29 is 4.74 Å². The second-order valence-electron chi connectivity index (χ2n) is 4.77. The van der Waals surface area contributed by atoms with Gasteiger partial charge in [-0.05, 0) is 48.4 Å². The second-order valence-corrected chi connectivity index (χ2v) is 6.02. The maximum atomic E-state index is 6.23. The normalized spacial score (nSPS) is 12.2. The van der Waals surface area contributed by atoms with Crippen molar-refractivity contribution in [3.8, 4) is 5.75 Å². The van der Waals surface area contributed by atoms with Crippen LogP contribution in [0.5, 0.6) is 5.75 Å². The first-order valence-corrected chi connectivity index (χ1v) is 7.66. The monoisotopic (exact) mass is 343 g/mol. The molecule has 2 rings (SSSR count). The fourth-order valence-corrected chi connectivity index (χ4v) is 2.98. The third-order valence-corrected chi connectivity index (χ3v) is 4.30. The van der Waals surface area contributed by atoms with Gasteiger partial charge in [0.25, 0.3) is 0 Å². The van der Waals surface area contributed by atoms with Gasteiger partial charge in [0.05, 0.1) is 12.1 Å². The summed E-state index contributed by atoms with van der Waals surface area (Å²) in [5.41, 5.74) is 7.99. The Hall–Kier alpha value is -0.930. The van der Waals surface area contributed by atoms with Gasteiger partial charge in [-0.2, -0.15) is 0 Å². The zero-order chi connectivity index (χ0) is 15.4. The molecule has 0 aliphatic rings. The van der Waals surface area contributed by atoms with Crippen molar-refractivity contribution in [1.29, 1.82) is 0 Å². The average Bonchev–Trinajstić information content (AvgIpc) is 2.46. The molecule has 2 nitrogen and oxygen atoms in total. The Balaban J connectivity index is 2.25. The van der Waals surface area contributed by atoms with Gasteiger partial charge >= 0.3 is 0 Å². The lowest BCUT2D eigenvalue weighted by Crippen LogP contribution is -2.15. The van der Waals surface area contributed by atoms with E-state index in [9.17, 15) is 0 Å². The van der Waals surface area contributed by atoms with Crippen molar-refractivity contribution in [3.05, 3.63) is 62.6 Å². The van der Waals surface area contributed by atoms with E-state index in [0.717, 1.165) is 17.5 Å². The zero-order valence-electron chi connectivity index (χ0n) is 11.6. The summed E-state index contributed by atoms with van der Waals surface area (Å²) in [5, 5.41) is 1.86. The predicted molar refractivity (Wildman–Crippen MR) is 90.0 cm³/mol. The van der Waals surface area contributed by atoms with Crippen LogP contribution in [0.1, 0.15) is 17.0 Å². The van der Waals surface area contributed by atoms with Crippen molar-refractivity contribution in [3.63, 3.8) is 0 Å². The standard InChI is InChI=1S/C16H16Cl3NO/c1-21-16-5-3-10(7-15(16)19)12(9-20)6-11-2-4-13(17)8-14(11)18/h2-5,7-8,12H,6,9,20H2,1H3. The Morgan fingerprint density at radius 1 is 1.05 bits per heavy atom. The van der Waals surface area contributed by atoms with E-state index < -0.39 is 0 Å². The minimum atomic E-state index is 0.132. The molecule has 2 aromatic rings. The van der Waals surface area contributed by atoms with Gasteiger partial charge in [0.2, 0.25) is 0 Å². The molecule has 0 aliphatic carbocycles. The first kappa shape index (κ1) is 16.4. The molecule has 21 heavy (non-hydrogen) atoms. The van der Waals surface area contributed by atoms with E-state index in [1.807, 2.05) is 30.3 Å². The van der Waals surface area contributed by atoms with E-state index in [2.05, 4.69) is 0 Å². The molecule has 0 bridgehead atoms. The molecule has 112 valence electrons. The lowest BCUT2D eigenvalue weighted by atomic mass is 9.92. The third kappa shape index (κ3) is 4.04. The van der Waals surface area contributed by atoms with Crippen LogP contribution in [-0.4, -0.2) is 13.7 Å². The number of hydrogen-bond donors (Lipinski definition) is 1. The van der Waals surface area contributed by atoms with Crippen LogP contribution in [0.2, 0.25) is 15.1 Å². The molecule has 0 aromatic heterocycles. The van der Waals surface area contributed by atoms with Crippen molar-refractivity contribution in [2.45, 2.75) is 12.3 Å². The zero-order valence-corrected chi connectivity index (χ0v) is 13.8. The van der Waals surface area contributed by atoms with E-state index in [0.29, 0.717) is 27.4 Å². The van der Waals surface area contributed by atoms with Gasteiger partial charge in [-0.1, -0.05) is 46.9 Å². The Kier molecular flexibility index (Phi) is 5.77. The first-order valence-electron chi connectivity index (χ1n) is 6.52. The summed E-state index contributed by atoms with van der Waals surface area (Å²) in [6.45, 7) is 0.502. The number of ether oxygens (including phenoxy) is 1. The van der Waals surface area contributed by atoms with Crippen LogP contribution >= 0.6 is 34.8 Å². The van der Waals surface area contributed by atoms with Crippen LogP contribution in [0, 0.1) is 0 Å². The summed E-state index contributed by atoms with van der Waals surface area (Å²) in [4.78, 5) is 0. The molecular formula is C16H16Cl3NO. The van der Waals surface area contributed by atoms with Gasteiger partial charge in [-0.3, -0.25) is 0 Å². The van der Waals surface area contributed by atoms with Crippen LogP contribution < -0.4 is 10.5 Å². The topological polar surface area (TPSA) is 35.2 Å². The number of rotatable bonds is 5. The Morgan fingerprint density at radius 2 is 1.81 bits per heavy atom. The summed E-state index contributed by atoms with van der Waals surface area (Å²) >= 11 is 18.3. The number of nitrogens with two attached hydrogens (primary N) is 1. The molecule has 1 unspecified atom stereocenters. The van der Waals surface area contributed by atoms with Crippen LogP contribution in [-0.2, 0) is 6.42 Å². The summed E-state index contributed by atoms with van der Waals surface area (Å²) in [7, 11) is 1.59. The van der Waals surface area contributed by atoms with Gasteiger partial charge in [0, 0.05) is 16.0 Å². The summed E-state index contributed by atoms with van der Waals surface area (Å²) in [6.07, 6.45) is 0.731. The van der Waals surface area contributed by atoms with Crippen molar-refractivity contribution in [1.82, 2.24) is 0 Å². The first-order chi connectivity index (χ1) is 10.0. The van der Waals surface area contributed by atoms with Gasteiger partial charge in [0.15, 0.2) is 0 Å². The molecule has 0 saturated carbocycles. The molecule has 0 saturated heterocycles. The summed E-state index contributed by atoms with van der Waals surface area (Å²) in [6, 6.07) is 11.2. The predicted octanol–water partition coefficient (Wildman–Crippen LogP) is 4.94. The molecule has 1 atom stereocenters. The SMILES string of the molecule is COc1ccc(C(CN)Cc2ccc(Cl)cc2Cl)cc1Cl. The van der Waals surface area contributed by atoms with Crippen molar-refractivity contribution in [2.24, 2.45) is 5.73 Å². The molecule has 0 aliphatic heterocycles. The molecule has 0 amide bonds.